The van der Waals surface area contributed by atoms with E-state index in [9.17, 15) is 0 Å². The van der Waals surface area contributed by atoms with Gasteiger partial charge in [0.15, 0.2) is 0 Å². The van der Waals surface area contributed by atoms with Gasteiger partial charge in [-0.3, -0.25) is 0 Å². The van der Waals surface area contributed by atoms with Crippen LogP contribution >= 0.6 is 0 Å². The first-order valence-corrected chi connectivity index (χ1v) is 9.36. The summed E-state index contributed by atoms with van der Waals surface area (Å²) < 4.78 is 14.0. The number of benzene rings is 2. The van der Waals surface area contributed by atoms with Crippen LogP contribution in [-0.4, -0.2) is 28.2 Å². The minimum absolute atomic E-state index is 1.17. The molecule has 2 rings (SSSR count). The van der Waals surface area contributed by atoms with Crippen molar-refractivity contribution in [1.29, 1.82) is 0 Å². The molecule has 0 aliphatic rings. The Morgan fingerprint density at radius 2 is 1.00 bits per heavy atom. The SMILES string of the molecule is C[O][Ge]([O]C)([c]1ccccc1)[c]1ccccc1. The maximum absolute atomic E-state index is 5.82. The van der Waals surface area contributed by atoms with Crippen LogP contribution in [0.15, 0.2) is 60.7 Å². The van der Waals surface area contributed by atoms with E-state index in [1.54, 1.807) is 14.2 Å². The summed E-state index contributed by atoms with van der Waals surface area (Å²) in [5, 5.41) is 0. The molecule has 0 radical (unpaired) electrons. The van der Waals surface area contributed by atoms with Gasteiger partial charge in [-0.05, 0) is 0 Å². The zero-order valence-corrected chi connectivity index (χ0v) is 12.2. The van der Waals surface area contributed by atoms with Crippen LogP contribution in [0, 0.1) is 0 Å². The quantitative estimate of drug-likeness (QED) is 0.795. The first kappa shape index (κ1) is 12.4. The molecule has 0 bridgehead atoms. The van der Waals surface area contributed by atoms with Gasteiger partial charge < -0.3 is 0 Å². The van der Waals surface area contributed by atoms with Crippen molar-refractivity contribution in [2.45, 2.75) is 0 Å². The second kappa shape index (κ2) is 5.49. The Hall–Kier alpha value is -1.10. The van der Waals surface area contributed by atoms with Crippen molar-refractivity contribution in [2.24, 2.45) is 0 Å². The van der Waals surface area contributed by atoms with Gasteiger partial charge >= 0.3 is 105 Å². The van der Waals surface area contributed by atoms with E-state index >= 15 is 0 Å². The first-order valence-electron chi connectivity index (χ1n) is 5.55. The zero-order valence-electron chi connectivity index (χ0n) is 10.1. The van der Waals surface area contributed by atoms with Gasteiger partial charge in [0.1, 0.15) is 0 Å². The molecule has 17 heavy (non-hydrogen) atoms. The fourth-order valence-electron chi connectivity index (χ4n) is 2.04. The van der Waals surface area contributed by atoms with Crippen molar-refractivity contribution < 1.29 is 7.53 Å². The molecule has 0 unspecified atom stereocenters. The summed E-state index contributed by atoms with van der Waals surface area (Å²) in [6.45, 7) is 0. The molecule has 0 spiro atoms. The van der Waals surface area contributed by atoms with E-state index in [1.807, 2.05) is 36.4 Å². The average Bonchev–Trinajstić information content (AvgIpc) is 2.43. The molecular formula is C14H16GeO2. The van der Waals surface area contributed by atoms with Crippen molar-refractivity contribution in [3.05, 3.63) is 60.7 Å². The molecule has 0 amide bonds. The molecule has 0 fully saturated rings. The van der Waals surface area contributed by atoms with Crippen LogP contribution in [0.1, 0.15) is 0 Å². The zero-order chi connectivity index (χ0) is 12.1. The van der Waals surface area contributed by atoms with Crippen molar-refractivity contribution in [2.75, 3.05) is 14.2 Å². The number of hydrogen-bond donors (Lipinski definition) is 0. The van der Waals surface area contributed by atoms with E-state index in [1.165, 1.54) is 8.79 Å². The second-order valence-electron chi connectivity index (χ2n) is 3.76. The monoisotopic (exact) mass is 290 g/mol. The Morgan fingerprint density at radius 3 is 1.29 bits per heavy atom. The van der Waals surface area contributed by atoms with Gasteiger partial charge in [0, 0.05) is 0 Å². The van der Waals surface area contributed by atoms with E-state index in [4.69, 9.17) is 7.53 Å². The van der Waals surface area contributed by atoms with Gasteiger partial charge in [0.2, 0.25) is 0 Å². The molecule has 0 aromatic heterocycles. The number of rotatable bonds is 4. The number of hydrogen-bond acceptors (Lipinski definition) is 2. The summed E-state index contributed by atoms with van der Waals surface area (Å²) in [5.74, 6) is 0. The molecule has 2 aromatic carbocycles. The standard InChI is InChI=1S/C14H16GeO2/c1-16-15(17-2,13-9-5-3-6-10-13)14-11-7-4-8-12-14/h3-12H,1-2H3. The van der Waals surface area contributed by atoms with Crippen LogP contribution in [0.4, 0.5) is 0 Å². The molecule has 88 valence electrons. The molecule has 0 saturated heterocycles. The van der Waals surface area contributed by atoms with Gasteiger partial charge in [0.25, 0.3) is 0 Å². The van der Waals surface area contributed by atoms with Gasteiger partial charge in [-0.1, -0.05) is 0 Å². The Morgan fingerprint density at radius 1 is 0.647 bits per heavy atom. The molecule has 0 atom stereocenters. The van der Waals surface area contributed by atoms with E-state index in [0.717, 1.165) is 0 Å². The van der Waals surface area contributed by atoms with Crippen molar-refractivity contribution in [3.63, 3.8) is 0 Å². The van der Waals surface area contributed by atoms with Gasteiger partial charge in [-0.2, -0.15) is 0 Å². The molecular weight excluding hydrogens is 273 g/mol. The predicted molar refractivity (Wildman–Crippen MR) is 71.9 cm³/mol. The van der Waals surface area contributed by atoms with Crippen LogP contribution in [0.25, 0.3) is 0 Å². The predicted octanol–water partition coefficient (Wildman–Crippen LogP) is 1.54. The minimum atomic E-state index is -3.08. The molecule has 0 aliphatic carbocycles. The van der Waals surface area contributed by atoms with Crippen LogP contribution in [-0.2, 0) is 7.53 Å². The molecule has 0 saturated carbocycles. The van der Waals surface area contributed by atoms with Crippen LogP contribution in [0.2, 0.25) is 0 Å². The van der Waals surface area contributed by atoms with E-state index in [2.05, 4.69) is 24.3 Å². The third-order valence-corrected chi connectivity index (χ3v) is 9.88. The first-order chi connectivity index (χ1) is 8.33. The van der Waals surface area contributed by atoms with Crippen LogP contribution in [0.3, 0.4) is 0 Å². The fraction of sp³-hybridized carbons (Fsp3) is 0.143. The summed E-state index contributed by atoms with van der Waals surface area (Å²) in [4.78, 5) is 0. The van der Waals surface area contributed by atoms with Crippen molar-refractivity contribution >= 4 is 22.7 Å². The Bertz CT molecular complexity index is 411. The van der Waals surface area contributed by atoms with Gasteiger partial charge in [-0.25, -0.2) is 0 Å². The molecule has 2 nitrogen and oxygen atoms in total. The summed E-state index contributed by atoms with van der Waals surface area (Å²) in [5.41, 5.74) is 0. The average molecular weight is 289 g/mol. The fourth-order valence-corrected chi connectivity index (χ4v) is 7.71. The van der Waals surface area contributed by atoms with Gasteiger partial charge in [0.05, 0.1) is 0 Å². The third-order valence-electron chi connectivity index (χ3n) is 2.88. The molecule has 3 heteroatoms. The van der Waals surface area contributed by atoms with Gasteiger partial charge in [-0.15, -0.1) is 0 Å². The molecule has 0 heterocycles. The summed E-state index contributed by atoms with van der Waals surface area (Å²) >= 11 is -3.08. The van der Waals surface area contributed by atoms with E-state index < -0.39 is 13.9 Å². The molecule has 2 aromatic rings. The second-order valence-corrected chi connectivity index (χ2v) is 10.5. The van der Waals surface area contributed by atoms with Crippen molar-refractivity contribution in [1.82, 2.24) is 0 Å². The normalized spacial score (nSPS) is 11.4. The van der Waals surface area contributed by atoms with Crippen molar-refractivity contribution in [3.8, 4) is 0 Å². The topological polar surface area (TPSA) is 18.5 Å². The summed E-state index contributed by atoms with van der Waals surface area (Å²) in [6.07, 6.45) is 0. The Labute approximate surface area is 105 Å². The third kappa shape index (κ3) is 2.29. The Balaban J connectivity index is 2.54. The van der Waals surface area contributed by atoms with E-state index in [0.29, 0.717) is 0 Å². The molecule has 0 N–H and O–H groups in total. The Kier molecular flexibility index (Phi) is 3.99. The van der Waals surface area contributed by atoms with E-state index in [-0.39, 0.29) is 0 Å². The maximum atomic E-state index is 5.82. The summed E-state index contributed by atoms with van der Waals surface area (Å²) in [7, 11) is 3.48. The summed E-state index contributed by atoms with van der Waals surface area (Å²) in [6, 6.07) is 20.4. The van der Waals surface area contributed by atoms with Crippen LogP contribution in [0.5, 0.6) is 0 Å². The molecule has 0 aliphatic heterocycles. The van der Waals surface area contributed by atoms with Crippen LogP contribution < -0.4 is 8.79 Å².